The highest BCUT2D eigenvalue weighted by molar-refractivity contribution is 7.96. The molecule has 0 fully saturated rings. The topological polar surface area (TPSA) is 40.3 Å². The van der Waals surface area contributed by atoms with Crippen molar-refractivity contribution in [2.24, 2.45) is 0 Å². The van der Waals surface area contributed by atoms with Gasteiger partial charge in [0.15, 0.2) is 9.79 Å². The largest absolute Gasteiger partial charge is 0.316 e. The van der Waals surface area contributed by atoms with Crippen molar-refractivity contribution in [1.82, 2.24) is 0 Å². The third-order valence-corrected chi connectivity index (χ3v) is 5.83. The Kier molecular flexibility index (Phi) is 4.74. The normalized spacial score (nSPS) is 10.7. The lowest BCUT2D eigenvalue weighted by atomic mass is 10.2. The Morgan fingerprint density at radius 1 is 0.739 bits per heavy atom. The summed E-state index contributed by atoms with van der Waals surface area (Å²) in [6.07, 6.45) is 0. The van der Waals surface area contributed by atoms with Crippen LogP contribution in [0.25, 0.3) is 0 Å². The monoisotopic (exact) mass is 323 g/mol. The van der Waals surface area contributed by atoms with Crippen LogP contribution < -0.4 is 0 Å². The van der Waals surface area contributed by atoms with Crippen molar-refractivity contribution in [2.75, 3.05) is 0 Å². The van der Waals surface area contributed by atoms with Crippen LogP contribution in [0.1, 0.15) is 5.56 Å². The highest BCUT2D eigenvalue weighted by Crippen LogP contribution is 2.27. The molecule has 3 aromatic carbocycles. The van der Waals surface area contributed by atoms with E-state index in [1.807, 2.05) is 24.3 Å². The van der Waals surface area contributed by atoms with E-state index in [0.29, 0.717) is 0 Å². The van der Waals surface area contributed by atoms with Gasteiger partial charge in [-0.05, 0) is 36.4 Å². The minimum Gasteiger partial charge on any atom is -0.241 e. The molecule has 0 aliphatic carbocycles. The SMILES string of the molecule is O=[N+](O)c1ccc(C[S+](c2ccccc2)c2ccccc2)cc1. The Balaban J connectivity index is 1.92. The van der Waals surface area contributed by atoms with Crippen molar-refractivity contribution < 1.29 is 10.1 Å². The molecular weight excluding hydrogens is 306 g/mol. The lowest BCUT2D eigenvalue weighted by molar-refractivity contribution is -0.729. The summed E-state index contributed by atoms with van der Waals surface area (Å²) in [5.74, 6) is 0.860. The van der Waals surface area contributed by atoms with E-state index < -0.39 is 0 Å². The summed E-state index contributed by atoms with van der Waals surface area (Å²) in [6.45, 7) is 0. The molecule has 23 heavy (non-hydrogen) atoms. The van der Waals surface area contributed by atoms with Gasteiger partial charge < -0.3 is 0 Å². The molecule has 0 bridgehead atoms. The number of rotatable bonds is 5. The predicted molar refractivity (Wildman–Crippen MR) is 92.0 cm³/mol. The summed E-state index contributed by atoms with van der Waals surface area (Å²) in [7, 11) is -0.0738. The summed E-state index contributed by atoms with van der Waals surface area (Å²) < 4.78 is 0. The van der Waals surface area contributed by atoms with E-state index in [0.717, 1.165) is 11.3 Å². The maximum Gasteiger partial charge on any atom is 0.316 e. The summed E-state index contributed by atoms with van der Waals surface area (Å²) in [4.78, 5) is 13.4. The van der Waals surface area contributed by atoms with E-state index in [-0.39, 0.29) is 21.5 Å². The van der Waals surface area contributed by atoms with Crippen LogP contribution in [0.3, 0.4) is 0 Å². The first kappa shape index (κ1) is 15.3. The van der Waals surface area contributed by atoms with Gasteiger partial charge in [-0.3, -0.25) is 0 Å². The molecule has 4 heteroatoms. The molecule has 0 heterocycles. The zero-order valence-electron chi connectivity index (χ0n) is 12.5. The molecule has 1 N–H and O–H groups in total. The van der Waals surface area contributed by atoms with Crippen LogP contribution in [-0.4, -0.2) is 10.1 Å². The van der Waals surface area contributed by atoms with E-state index in [9.17, 15) is 4.91 Å². The minimum atomic E-state index is -0.113. The molecule has 114 valence electrons. The van der Waals surface area contributed by atoms with E-state index in [1.54, 1.807) is 12.1 Å². The molecule has 0 aliphatic heterocycles. The van der Waals surface area contributed by atoms with Gasteiger partial charge in [0.05, 0.1) is 15.8 Å². The van der Waals surface area contributed by atoms with Crippen LogP contribution in [0.15, 0.2) is 94.7 Å². The van der Waals surface area contributed by atoms with Gasteiger partial charge in [-0.25, -0.2) is 5.21 Å². The molecule has 0 spiro atoms. The van der Waals surface area contributed by atoms with Gasteiger partial charge in [0.2, 0.25) is 0 Å². The van der Waals surface area contributed by atoms with Crippen LogP contribution in [0.2, 0.25) is 0 Å². The van der Waals surface area contributed by atoms with E-state index in [2.05, 4.69) is 48.5 Å². The lowest BCUT2D eigenvalue weighted by Crippen LogP contribution is -2.07. The second-order valence-electron chi connectivity index (χ2n) is 5.10. The summed E-state index contributed by atoms with van der Waals surface area (Å²) in [6, 6.07) is 27.9. The van der Waals surface area contributed by atoms with Gasteiger partial charge in [0.1, 0.15) is 5.75 Å². The summed E-state index contributed by atoms with van der Waals surface area (Å²) >= 11 is 0. The molecule has 3 rings (SSSR count). The molecule has 0 saturated heterocycles. The summed E-state index contributed by atoms with van der Waals surface area (Å²) in [5.41, 5.74) is 1.37. The van der Waals surface area contributed by atoms with Crippen LogP contribution in [-0.2, 0) is 16.6 Å². The molecular formula is C19H17NO2S+2. The Bertz CT molecular complexity index is 734. The fraction of sp³-hybridized carbons (Fsp3) is 0.0526. The number of hydrogen-bond acceptors (Lipinski definition) is 1. The Labute approximate surface area is 138 Å². The highest BCUT2D eigenvalue weighted by atomic mass is 32.2. The van der Waals surface area contributed by atoms with Gasteiger partial charge in [-0.15, -0.1) is 0 Å². The van der Waals surface area contributed by atoms with Crippen molar-refractivity contribution in [1.29, 1.82) is 0 Å². The minimum absolute atomic E-state index is 0.0738. The van der Waals surface area contributed by atoms with Gasteiger partial charge in [-0.2, -0.15) is 0 Å². The molecule has 0 atom stereocenters. The van der Waals surface area contributed by atoms with Crippen LogP contribution in [0, 0.1) is 4.91 Å². The van der Waals surface area contributed by atoms with Gasteiger partial charge in [0, 0.05) is 17.7 Å². The molecule has 3 aromatic rings. The van der Waals surface area contributed by atoms with E-state index in [1.165, 1.54) is 9.79 Å². The third kappa shape index (κ3) is 3.79. The Morgan fingerprint density at radius 3 is 1.65 bits per heavy atom. The Morgan fingerprint density at radius 2 is 1.22 bits per heavy atom. The number of hydrogen-bond donors (Lipinski definition) is 1. The van der Waals surface area contributed by atoms with Gasteiger partial charge >= 0.3 is 5.69 Å². The van der Waals surface area contributed by atoms with Crippen molar-refractivity contribution in [3.05, 3.63) is 95.4 Å². The molecule has 0 radical (unpaired) electrons. The average molecular weight is 323 g/mol. The predicted octanol–water partition coefficient (Wildman–Crippen LogP) is 4.72. The lowest BCUT2D eigenvalue weighted by Gasteiger charge is -2.08. The van der Waals surface area contributed by atoms with E-state index >= 15 is 0 Å². The second-order valence-corrected chi connectivity index (χ2v) is 7.11. The van der Waals surface area contributed by atoms with Crippen molar-refractivity contribution in [3.8, 4) is 0 Å². The van der Waals surface area contributed by atoms with Crippen molar-refractivity contribution in [2.45, 2.75) is 15.5 Å². The summed E-state index contributed by atoms with van der Waals surface area (Å²) in [5, 5.41) is 8.93. The first-order valence-corrected chi connectivity index (χ1v) is 8.69. The number of benzene rings is 3. The smallest absolute Gasteiger partial charge is 0.241 e. The highest BCUT2D eigenvalue weighted by Gasteiger charge is 2.25. The molecule has 3 nitrogen and oxygen atoms in total. The first-order valence-electron chi connectivity index (χ1n) is 7.30. The van der Waals surface area contributed by atoms with Crippen LogP contribution in [0.4, 0.5) is 5.69 Å². The fourth-order valence-corrected chi connectivity index (χ4v) is 4.46. The van der Waals surface area contributed by atoms with Crippen molar-refractivity contribution in [3.63, 3.8) is 0 Å². The van der Waals surface area contributed by atoms with Gasteiger partial charge in [0.25, 0.3) is 4.92 Å². The number of nitrogens with zero attached hydrogens (tertiary/aromatic N) is 1. The first-order chi connectivity index (χ1) is 11.2. The molecule has 0 unspecified atom stereocenters. The maximum absolute atomic E-state index is 10.9. The van der Waals surface area contributed by atoms with Crippen LogP contribution >= 0.6 is 0 Å². The molecule has 0 saturated carbocycles. The quantitative estimate of drug-likeness (QED) is 0.545. The maximum atomic E-state index is 10.9. The second kappa shape index (κ2) is 7.11. The van der Waals surface area contributed by atoms with Gasteiger partial charge in [-0.1, -0.05) is 36.4 Å². The average Bonchev–Trinajstić information content (AvgIpc) is 2.61. The third-order valence-electron chi connectivity index (χ3n) is 3.52. The zero-order valence-corrected chi connectivity index (χ0v) is 13.3. The van der Waals surface area contributed by atoms with Crippen molar-refractivity contribution >= 4 is 16.6 Å². The van der Waals surface area contributed by atoms with Crippen LogP contribution in [0.5, 0.6) is 0 Å². The molecule has 0 aliphatic rings. The van der Waals surface area contributed by atoms with E-state index in [4.69, 9.17) is 5.21 Å². The standard InChI is InChI=1S/C19H17NO2S/c21-20(22)17-13-11-16(12-14-17)15-23(18-7-3-1-4-8-18)19-9-5-2-6-10-19/h1-14H,15H2,(H,21,22)/q+2. The Hall–Kier alpha value is -2.59. The molecule has 0 aromatic heterocycles. The molecule has 0 amide bonds. The zero-order chi connectivity index (χ0) is 16.1. The fourth-order valence-electron chi connectivity index (χ4n) is 2.36.